The Balaban J connectivity index is 0.00000200. The summed E-state index contributed by atoms with van der Waals surface area (Å²) in [6, 6.07) is 3.29. The van der Waals surface area contributed by atoms with Crippen molar-refractivity contribution in [1.82, 2.24) is 20.5 Å². The molecule has 3 N–H and O–H groups in total. The van der Waals surface area contributed by atoms with Crippen LogP contribution >= 0.6 is 12.4 Å². The van der Waals surface area contributed by atoms with Crippen LogP contribution in [0, 0.1) is 6.92 Å². The average Bonchev–Trinajstić information content (AvgIpc) is 2.39. The molecule has 0 spiro atoms. The minimum atomic E-state index is -0.334. The minimum Gasteiger partial charge on any atom is -0.351 e. The number of halogens is 1. The number of hydrogen-bond acceptors (Lipinski definition) is 4. The van der Waals surface area contributed by atoms with Crippen LogP contribution in [0.4, 0.5) is 0 Å². The Bertz CT molecular complexity index is 497. The van der Waals surface area contributed by atoms with Gasteiger partial charge in [-0.2, -0.15) is 0 Å². The largest absolute Gasteiger partial charge is 0.351 e. The topological polar surface area (TPSA) is 77.2 Å². The van der Waals surface area contributed by atoms with Gasteiger partial charge >= 0.3 is 0 Å². The van der Waals surface area contributed by atoms with Gasteiger partial charge in [-0.15, -0.1) is 12.4 Å². The fourth-order valence-electron chi connectivity index (χ4n) is 2.11. The van der Waals surface area contributed by atoms with Crippen LogP contribution in [0.1, 0.15) is 16.1 Å². The Morgan fingerprint density at radius 2 is 2.05 bits per heavy atom. The molecule has 7 heteroatoms. The van der Waals surface area contributed by atoms with Crippen LogP contribution in [0.3, 0.4) is 0 Å². The van der Waals surface area contributed by atoms with Gasteiger partial charge in [0.05, 0.1) is 0 Å². The molecule has 0 atom stereocenters. The third-order valence-corrected chi connectivity index (χ3v) is 3.22. The van der Waals surface area contributed by atoms with Gasteiger partial charge in [0.2, 0.25) is 0 Å². The molecule has 0 unspecified atom stereocenters. The summed E-state index contributed by atoms with van der Waals surface area (Å²) in [5.41, 5.74) is 0.591. The van der Waals surface area contributed by atoms with Crippen LogP contribution in [0.15, 0.2) is 16.9 Å². The fraction of sp³-hybridized carbons (Fsp3) is 0.538. The van der Waals surface area contributed by atoms with Crippen molar-refractivity contribution in [2.45, 2.75) is 6.92 Å². The molecule has 112 valence electrons. The SMILES string of the molecule is Cc1ccc(C(=O)NCCN2CCNCC2)c(=O)[nH]1.Cl. The Labute approximate surface area is 124 Å². The fourth-order valence-corrected chi connectivity index (χ4v) is 2.11. The van der Waals surface area contributed by atoms with Gasteiger partial charge in [0, 0.05) is 45.0 Å². The summed E-state index contributed by atoms with van der Waals surface area (Å²) in [5.74, 6) is -0.309. The lowest BCUT2D eigenvalue weighted by Gasteiger charge is -2.27. The van der Waals surface area contributed by atoms with Gasteiger partial charge in [0.25, 0.3) is 11.5 Å². The number of piperazine rings is 1. The smallest absolute Gasteiger partial charge is 0.260 e. The predicted octanol–water partition coefficient (Wildman–Crippen LogP) is -0.260. The molecule has 1 amide bonds. The number of aromatic amines is 1. The summed E-state index contributed by atoms with van der Waals surface area (Å²) < 4.78 is 0. The first kappa shape index (κ1) is 16.7. The molecule has 1 fully saturated rings. The average molecular weight is 301 g/mol. The summed E-state index contributed by atoms with van der Waals surface area (Å²) in [7, 11) is 0. The van der Waals surface area contributed by atoms with Crippen molar-refractivity contribution in [2.75, 3.05) is 39.3 Å². The maximum absolute atomic E-state index is 11.9. The van der Waals surface area contributed by atoms with Crippen LogP contribution in [0.2, 0.25) is 0 Å². The summed E-state index contributed by atoms with van der Waals surface area (Å²) >= 11 is 0. The molecule has 0 radical (unpaired) electrons. The second-order valence-electron chi connectivity index (χ2n) is 4.73. The molecule has 1 saturated heterocycles. The van der Waals surface area contributed by atoms with E-state index < -0.39 is 0 Å². The molecule has 0 aromatic carbocycles. The summed E-state index contributed by atoms with van der Waals surface area (Å²) in [5, 5.41) is 6.06. The second-order valence-corrected chi connectivity index (χ2v) is 4.73. The Morgan fingerprint density at radius 3 is 2.70 bits per heavy atom. The summed E-state index contributed by atoms with van der Waals surface area (Å²) in [6.07, 6.45) is 0. The van der Waals surface area contributed by atoms with Crippen LogP contribution in [-0.2, 0) is 0 Å². The molecule has 1 aromatic heterocycles. The molecule has 1 aromatic rings. The number of carbonyl (C=O) groups is 1. The predicted molar refractivity (Wildman–Crippen MR) is 80.7 cm³/mol. The second kappa shape index (κ2) is 8.04. The highest BCUT2D eigenvalue weighted by Crippen LogP contribution is 1.94. The highest BCUT2D eigenvalue weighted by molar-refractivity contribution is 5.93. The van der Waals surface area contributed by atoms with E-state index in [1.165, 1.54) is 0 Å². The normalized spacial score (nSPS) is 15.4. The first-order valence-corrected chi connectivity index (χ1v) is 6.58. The van der Waals surface area contributed by atoms with Gasteiger partial charge in [0.15, 0.2) is 0 Å². The first-order valence-electron chi connectivity index (χ1n) is 6.58. The lowest BCUT2D eigenvalue weighted by Crippen LogP contribution is -2.46. The Morgan fingerprint density at radius 1 is 1.35 bits per heavy atom. The van der Waals surface area contributed by atoms with E-state index in [0.717, 1.165) is 38.4 Å². The molecule has 0 aliphatic carbocycles. The molecular weight excluding hydrogens is 280 g/mol. The zero-order valence-electron chi connectivity index (χ0n) is 11.6. The van der Waals surface area contributed by atoms with Crippen molar-refractivity contribution in [1.29, 1.82) is 0 Å². The monoisotopic (exact) mass is 300 g/mol. The number of carbonyl (C=O) groups excluding carboxylic acids is 1. The van der Waals surface area contributed by atoms with Gasteiger partial charge in [-0.1, -0.05) is 0 Å². The summed E-state index contributed by atoms with van der Waals surface area (Å²) in [6.45, 7) is 7.15. The van der Waals surface area contributed by atoms with E-state index in [0.29, 0.717) is 6.54 Å². The Hall–Kier alpha value is -1.37. The lowest BCUT2D eigenvalue weighted by atomic mass is 10.2. The highest BCUT2D eigenvalue weighted by atomic mass is 35.5. The molecule has 1 aliphatic rings. The molecule has 0 bridgehead atoms. The van der Waals surface area contributed by atoms with Crippen molar-refractivity contribution in [3.8, 4) is 0 Å². The molecule has 20 heavy (non-hydrogen) atoms. The minimum absolute atomic E-state index is 0. The van der Waals surface area contributed by atoms with Gasteiger partial charge in [-0.05, 0) is 19.1 Å². The summed E-state index contributed by atoms with van der Waals surface area (Å²) in [4.78, 5) is 28.4. The maximum atomic E-state index is 11.9. The number of rotatable bonds is 4. The van der Waals surface area contributed by atoms with Crippen LogP contribution in [-0.4, -0.2) is 55.1 Å². The van der Waals surface area contributed by atoms with E-state index in [2.05, 4.69) is 20.5 Å². The zero-order chi connectivity index (χ0) is 13.7. The van der Waals surface area contributed by atoms with Crippen molar-refractivity contribution < 1.29 is 4.79 Å². The quantitative estimate of drug-likeness (QED) is 0.716. The molecular formula is C13H21ClN4O2. The van der Waals surface area contributed by atoms with E-state index in [1.807, 2.05) is 0 Å². The third kappa shape index (κ3) is 4.63. The van der Waals surface area contributed by atoms with E-state index in [4.69, 9.17) is 0 Å². The van der Waals surface area contributed by atoms with Gasteiger partial charge in [0.1, 0.15) is 5.56 Å². The number of nitrogens with one attached hydrogen (secondary N) is 3. The third-order valence-electron chi connectivity index (χ3n) is 3.22. The van der Waals surface area contributed by atoms with E-state index in [9.17, 15) is 9.59 Å². The van der Waals surface area contributed by atoms with Crippen molar-refractivity contribution in [3.63, 3.8) is 0 Å². The van der Waals surface area contributed by atoms with Crippen molar-refractivity contribution in [2.24, 2.45) is 0 Å². The van der Waals surface area contributed by atoms with Gasteiger partial charge in [-0.3, -0.25) is 14.5 Å². The highest BCUT2D eigenvalue weighted by Gasteiger charge is 2.12. The molecule has 0 saturated carbocycles. The Kier molecular flexibility index (Phi) is 6.70. The molecule has 1 aliphatic heterocycles. The number of pyridine rings is 1. The number of nitrogens with zero attached hydrogens (tertiary/aromatic N) is 1. The number of aryl methyl sites for hydroxylation is 1. The van der Waals surface area contributed by atoms with Gasteiger partial charge < -0.3 is 15.6 Å². The maximum Gasteiger partial charge on any atom is 0.260 e. The standard InChI is InChI=1S/C13H20N4O2.ClH/c1-10-2-3-11(13(19)16-10)12(18)15-6-9-17-7-4-14-5-8-17;/h2-3,14H,4-9H2,1H3,(H,15,18)(H,16,19);1H. The first-order chi connectivity index (χ1) is 9.16. The van der Waals surface area contributed by atoms with Gasteiger partial charge in [-0.25, -0.2) is 0 Å². The van der Waals surface area contributed by atoms with Crippen LogP contribution < -0.4 is 16.2 Å². The number of aromatic nitrogens is 1. The van der Waals surface area contributed by atoms with Crippen molar-refractivity contribution in [3.05, 3.63) is 33.7 Å². The van der Waals surface area contributed by atoms with Crippen LogP contribution in [0.5, 0.6) is 0 Å². The molecule has 2 heterocycles. The van der Waals surface area contributed by atoms with E-state index in [-0.39, 0.29) is 29.4 Å². The zero-order valence-corrected chi connectivity index (χ0v) is 12.4. The van der Waals surface area contributed by atoms with E-state index >= 15 is 0 Å². The molecule has 6 nitrogen and oxygen atoms in total. The van der Waals surface area contributed by atoms with Crippen LogP contribution in [0.25, 0.3) is 0 Å². The van der Waals surface area contributed by atoms with E-state index in [1.54, 1.807) is 19.1 Å². The number of amides is 1. The molecule has 2 rings (SSSR count). The van der Waals surface area contributed by atoms with Crippen molar-refractivity contribution >= 4 is 18.3 Å². The lowest BCUT2D eigenvalue weighted by molar-refractivity contribution is 0.0945. The number of hydrogen-bond donors (Lipinski definition) is 3. The number of H-pyrrole nitrogens is 1.